The summed E-state index contributed by atoms with van der Waals surface area (Å²) < 4.78 is 23.0. The van der Waals surface area contributed by atoms with E-state index in [1.54, 1.807) is 32.4 Å². The van der Waals surface area contributed by atoms with Crippen molar-refractivity contribution in [3.05, 3.63) is 110 Å². The molecule has 0 amide bonds. The smallest absolute Gasteiger partial charge is 0.348 e. The number of aromatic nitrogens is 1. The molecule has 1 unspecified atom stereocenters. The Morgan fingerprint density at radius 1 is 0.918 bits per heavy atom. The molecule has 0 saturated carbocycles. The monoisotopic (exact) mass is 723 g/mol. The van der Waals surface area contributed by atoms with Crippen molar-refractivity contribution in [2.75, 3.05) is 40.5 Å². The van der Waals surface area contributed by atoms with Crippen molar-refractivity contribution < 1.29 is 28.5 Å². The first-order chi connectivity index (χ1) is 23.8. The van der Waals surface area contributed by atoms with Gasteiger partial charge in [0.15, 0.2) is 11.5 Å². The van der Waals surface area contributed by atoms with Crippen LogP contribution in [0.5, 0.6) is 11.5 Å². The van der Waals surface area contributed by atoms with E-state index in [9.17, 15) is 9.59 Å². The number of ether oxygens (including phenoxy) is 4. The van der Waals surface area contributed by atoms with Crippen molar-refractivity contribution in [2.45, 2.75) is 44.4 Å². The van der Waals surface area contributed by atoms with Crippen molar-refractivity contribution in [2.24, 2.45) is 5.41 Å². The number of benzene rings is 2. The van der Waals surface area contributed by atoms with E-state index in [4.69, 9.17) is 42.1 Å². The molecule has 2 aromatic carbocycles. The zero-order valence-corrected chi connectivity index (χ0v) is 29.8. The number of hydrogen-bond acceptors (Lipinski definition) is 10. The minimum absolute atomic E-state index is 0.0809. The summed E-state index contributed by atoms with van der Waals surface area (Å²) in [6.07, 6.45) is 5.66. The highest BCUT2D eigenvalue weighted by molar-refractivity contribution is 7.13. The first kappa shape index (κ1) is 35.2. The number of fused-ring (bicyclic) bond motifs is 3. The van der Waals surface area contributed by atoms with E-state index in [0.29, 0.717) is 50.7 Å². The molecule has 9 nitrogen and oxygen atoms in total. The minimum atomic E-state index is -0.749. The molecular formula is C37H39Cl2N3O6S. The molecule has 0 spiro atoms. The highest BCUT2D eigenvalue weighted by Crippen LogP contribution is 2.41. The fourth-order valence-electron chi connectivity index (χ4n) is 6.47. The number of methoxy groups -OCH3 is 2. The average Bonchev–Trinajstić information content (AvgIpc) is 3.62. The van der Waals surface area contributed by atoms with E-state index in [1.807, 2.05) is 42.5 Å². The third kappa shape index (κ3) is 8.38. The maximum absolute atomic E-state index is 13.6. The molecule has 4 aromatic rings. The number of thiophene rings is 1. The number of pyridine rings is 1. The van der Waals surface area contributed by atoms with Crippen molar-refractivity contribution in [1.82, 2.24) is 15.2 Å². The fourth-order valence-corrected chi connectivity index (χ4v) is 7.84. The lowest BCUT2D eigenvalue weighted by Crippen LogP contribution is -2.50. The SMILES string of the molecule is COc1ccc([C@H](Cc2c(Cl)cncc2Cl)OC(=O)c2ccc(CNC(C(=O)OCC34CCN(CC3)CC4)c3ccccc3)s2)cc1OC. The Kier molecular flexibility index (Phi) is 11.4. The molecule has 3 fully saturated rings. The molecule has 49 heavy (non-hydrogen) atoms. The fraction of sp³-hybridized carbons (Fsp3) is 0.378. The summed E-state index contributed by atoms with van der Waals surface area (Å²) in [5, 5.41) is 4.12. The van der Waals surface area contributed by atoms with Gasteiger partial charge >= 0.3 is 11.9 Å². The maximum Gasteiger partial charge on any atom is 0.348 e. The normalized spacial score (nSPS) is 19.6. The number of piperidine rings is 3. The number of carbonyl (C=O) groups is 2. The molecule has 1 N–H and O–H groups in total. The van der Waals surface area contributed by atoms with Crippen molar-refractivity contribution in [3.63, 3.8) is 0 Å². The number of nitrogens with one attached hydrogen (secondary N) is 1. The van der Waals surface area contributed by atoms with Gasteiger partial charge in [0, 0.05) is 35.7 Å². The molecule has 0 aliphatic carbocycles. The Balaban J connectivity index is 1.15. The predicted molar refractivity (Wildman–Crippen MR) is 190 cm³/mol. The van der Waals surface area contributed by atoms with Crippen LogP contribution in [0.4, 0.5) is 0 Å². The summed E-state index contributed by atoms with van der Waals surface area (Å²) in [7, 11) is 3.10. The summed E-state index contributed by atoms with van der Waals surface area (Å²) in [4.78, 5) is 34.9. The Morgan fingerprint density at radius 3 is 2.29 bits per heavy atom. The molecule has 7 rings (SSSR count). The zero-order chi connectivity index (χ0) is 34.4. The highest BCUT2D eigenvalue weighted by Gasteiger charge is 2.41. The van der Waals surface area contributed by atoms with Gasteiger partial charge in [-0.05, 0) is 79.9 Å². The van der Waals surface area contributed by atoms with Crippen LogP contribution in [0.25, 0.3) is 0 Å². The van der Waals surface area contributed by atoms with Crippen molar-refractivity contribution >= 4 is 46.5 Å². The second-order valence-corrected chi connectivity index (χ2v) is 14.5. The first-order valence-corrected chi connectivity index (χ1v) is 17.8. The predicted octanol–water partition coefficient (Wildman–Crippen LogP) is 7.47. The van der Waals surface area contributed by atoms with Gasteiger partial charge in [-0.2, -0.15) is 0 Å². The number of carbonyl (C=O) groups excluding carboxylic acids is 2. The largest absolute Gasteiger partial charge is 0.493 e. The number of nitrogens with zero attached hydrogens (tertiary/aromatic N) is 2. The second-order valence-electron chi connectivity index (χ2n) is 12.5. The van der Waals surface area contributed by atoms with Crippen LogP contribution in [-0.4, -0.2) is 62.3 Å². The molecule has 2 atom stereocenters. The van der Waals surface area contributed by atoms with Crippen molar-refractivity contribution in [1.29, 1.82) is 0 Å². The summed E-state index contributed by atoms with van der Waals surface area (Å²) in [6, 6.07) is 17.9. The molecular weight excluding hydrogens is 685 g/mol. The van der Waals surface area contributed by atoms with Gasteiger partial charge in [-0.25, -0.2) is 9.59 Å². The Bertz CT molecular complexity index is 1730. The van der Waals surface area contributed by atoms with Gasteiger partial charge in [0.1, 0.15) is 17.0 Å². The summed E-state index contributed by atoms with van der Waals surface area (Å²) in [5.41, 5.74) is 2.19. The standard InChI is InChI=1S/C37H39Cl2N3O6S/c1-45-30-10-8-25(18-32(30)46-2)31(19-27-28(38)21-40-22-29(27)39)48-35(43)33-11-9-26(49-33)20-41-34(24-6-4-3-5-7-24)36(44)47-23-37-12-15-42(16-13-37)17-14-37/h3-11,18,21-22,31,34,41H,12-17,19-20,23H2,1-2H3/t31-,34?/m0/s1. The van der Waals surface area contributed by atoms with Crippen LogP contribution >= 0.6 is 34.5 Å². The lowest BCUT2D eigenvalue weighted by molar-refractivity contribution is -0.153. The third-order valence-corrected chi connectivity index (χ3v) is 11.2. The average molecular weight is 725 g/mol. The van der Waals surface area contributed by atoms with E-state index in [0.717, 1.165) is 49.3 Å². The Morgan fingerprint density at radius 2 is 1.61 bits per heavy atom. The van der Waals surface area contributed by atoms with Gasteiger partial charge in [-0.15, -0.1) is 11.3 Å². The van der Waals surface area contributed by atoms with E-state index in [2.05, 4.69) is 15.2 Å². The van der Waals surface area contributed by atoms with Gasteiger partial charge in [-0.1, -0.05) is 59.6 Å². The van der Waals surface area contributed by atoms with Gasteiger partial charge in [0.2, 0.25) is 0 Å². The topological polar surface area (TPSA) is 99.2 Å². The lowest BCUT2D eigenvalue weighted by atomic mass is 9.73. The van der Waals surface area contributed by atoms with Gasteiger partial charge < -0.3 is 23.8 Å². The second kappa shape index (κ2) is 15.9. The molecule has 3 aliphatic heterocycles. The number of hydrogen-bond donors (Lipinski definition) is 1. The summed E-state index contributed by atoms with van der Waals surface area (Å²) in [6.45, 7) is 4.01. The molecule has 0 radical (unpaired) electrons. The Labute approximate surface area is 300 Å². The van der Waals surface area contributed by atoms with Crippen LogP contribution in [0.1, 0.15) is 62.6 Å². The third-order valence-electron chi connectivity index (χ3n) is 9.48. The van der Waals surface area contributed by atoms with Crippen LogP contribution in [0.2, 0.25) is 10.0 Å². The van der Waals surface area contributed by atoms with Crippen LogP contribution in [-0.2, 0) is 27.2 Å². The quantitative estimate of drug-likeness (QED) is 0.133. The van der Waals surface area contributed by atoms with Crippen LogP contribution in [0.15, 0.2) is 73.1 Å². The maximum atomic E-state index is 13.6. The molecule has 5 heterocycles. The number of halogens is 2. The molecule has 2 bridgehead atoms. The van der Waals surface area contributed by atoms with E-state index in [-0.39, 0.29) is 17.8 Å². The van der Waals surface area contributed by atoms with E-state index >= 15 is 0 Å². The molecule has 258 valence electrons. The molecule has 2 aromatic heterocycles. The Hall–Kier alpha value is -3.67. The first-order valence-electron chi connectivity index (χ1n) is 16.2. The number of esters is 2. The van der Waals surface area contributed by atoms with Crippen LogP contribution < -0.4 is 14.8 Å². The van der Waals surface area contributed by atoms with Crippen molar-refractivity contribution in [3.8, 4) is 11.5 Å². The van der Waals surface area contributed by atoms with Gasteiger partial charge in [0.05, 0.1) is 30.9 Å². The van der Waals surface area contributed by atoms with Crippen LogP contribution in [0, 0.1) is 5.41 Å². The highest BCUT2D eigenvalue weighted by atomic mass is 35.5. The zero-order valence-electron chi connectivity index (χ0n) is 27.5. The van der Waals surface area contributed by atoms with Gasteiger partial charge in [0.25, 0.3) is 0 Å². The number of rotatable bonds is 14. The molecule has 3 aliphatic rings. The summed E-state index contributed by atoms with van der Waals surface area (Å²) >= 11 is 14.2. The molecule has 3 saturated heterocycles. The molecule has 12 heteroatoms. The lowest BCUT2D eigenvalue weighted by Gasteiger charge is -2.48. The van der Waals surface area contributed by atoms with Crippen LogP contribution in [0.3, 0.4) is 0 Å². The minimum Gasteiger partial charge on any atom is -0.493 e. The summed E-state index contributed by atoms with van der Waals surface area (Å²) in [5.74, 6) is 0.237. The van der Waals surface area contributed by atoms with E-state index < -0.39 is 18.1 Å². The van der Waals surface area contributed by atoms with E-state index in [1.165, 1.54) is 23.7 Å². The van der Waals surface area contributed by atoms with Gasteiger partial charge in [-0.3, -0.25) is 10.3 Å².